The summed E-state index contributed by atoms with van der Waals surface area (Å²) in [6.07, 6.45) is 0.0782. The van der Waals surface area contributed by atoms with E-state index in [-0.39, 0.29) is 13.2 Å². The lowest BCUT2D eigenvalue weighted by molar-refractivity contribution is -0.142. The zero-order valence-electron chi connectivity index (χ0n) is 14.1. The summed E-state index contributed by atoms with van der Waals surface area (Å²) in [6.45, 7) is 0.470. The molecule has 0 aliphatic carbocycles. The molecule has 6 heteroatoms. The molecule has 0 bridgehead atoms. The summed E-state index contributed by atoms with van der Waals surface area (Å²) in [6, 6.07) is 16.8. The predicted molar refractivity (Wildman–Crippen MR) is 92.3 cm³/mol. The van der Waals surface area contributed by atoms with Crippen LogP contribution in [0.3, 0.4) is 0 Å². The number of nitrogens with one attached hydrogen (secondary N) is 1. The van der Waals surface area contributed by atoms with Crippen molar-refractivity contribution in [2.45, 2.75) is 13.0 Å². The number of ether oxygens (including phenoxy) is 3. The maximum atomic E-state index is 11.7. The van der Waals surface area contributed by atoms with E-state index in [1.54, 1.807) is 6.07 Å². The molecule has 0 aliphatic rings. The Morgan fingerprint density at radius 1 is 1.00 bits per heavy atom. The largest absolute Gasteiger partial charge is 0.482 e. The van der Waals surface area contributed by atoms with E-state index < -0.39 is 12.1 Å². The van der Waals surface area contributed by atoms with E-state index in [0.29, 0.717) is 18.7 Å². The van der Waals surface area contributed by atoms with Crippen LogP contribution in [-0.4, -0.2) is 32.3 Å². The smallest absolute Gasteiger partial charge is 0.407 e. The second kappa shape index (κ2) is 9.97. The molecule has 0 spiro atoms. The molecule has 0 atom stereocenters. The monoisotopic (exact) mass is 343 g/mol. The molecule has 0 fully saturated rings. The highest BCUT2D eigenvalue weighted by molar-refractivity contribution is 5.71. The van der Waals surface area contributed by atoms with Gasteiger partial charge in [-0.25, -0.2) is 9.59 Å². The number of hydrogen-bond acceptors (Lipinski definition) is 5. The molecule has 132 valence electrons. The van der Waals surface area contributed by atoms with E-state index in [9.17, 15) is 9.59 Å². The van der Waals surface area contributed by atoms with E-state index in [1.807, 2.05) is 48.5 Å². The molecule has 0 aliphatic heterocycles. The van der Waals surface area contributed by atoms with Crippen molar-refractivity contribution in [3.63, 3.8) is 0 Å². The van der Waals surface area contributed by atoms with Gasteiger partial charge in [0.05, 0.1) is 7.11 Å². The number of amides is 1. The molecule has 2 rings (SSSR count). The number of benzene rings is 2. The molecular weight excluding hydrogens is 322 g/mol. The molecular formula is C19H21NO5. The van der Waals surface area contributed by atoms with Crippen LogP contribution in [0.25, 0.3) is 0 Å². The number of carbonyl (C=O) groups is 2. The lowest BCUT2D eigenvalue weighted by atomic mass is 10.1. The standard InChI is InChI=1S/C19H21NO5/c1-23-18(21)14-24-17-10-6-5-9-16(17)11-12-20-19(22)25-13-15-7-3-2-4-8-15/h2-10H,11-14H2,1H3,(H,20,22). The van der Waals surface area contributed by atoms with Crippen molar-refractivity contribution >= 4 is 12.1 Å². The van der Waals surface area contributed by atoms with Gasteiger partial charge in [0.2, 0.25) is 0 Å². The van der Waals surface area contributed by atoms with Crippen LogP contribution >= 0.6 is 0 Å². The molecule has 0 unspecified atom stereocenters. The van der Waals surface area contributed by atoms with E-state index in [0.717, 1.165) is 11.1 Å². The van der Waals surface area contributed by atoms with Gasteiger partial charge in [0, 0.05) is 6.54 Å². The predicted octanol–water partition coefficient (Wildman–Crippen LogP) is 2.71. The SMILES string of the molecule is COC(=O)COc1ccccc1CCNC(=O)OCc1ccccc1. The first-order valence-electron chi connectivity index (χ1n) is 7.91. The lowest BCUT2D eigenvalue weighted by Crippen LogP contribution is -2.26. The quantitative estimate of drug-likeness (QED) is 0.746. The first-order chi connectivity index (χ1) is 12.2. The first kappa shape index (κ1) is 18.3. The number of alkyl carbamates (subject to hydrolysis) is 1. The van der Waals surface area contributed by atoms with E-state index in [1.165, 1.54) is 7.11 Å². The number of para-hydroxylation sites is 1. The van der Waals surface area contributed by atoms with Gasteiger partial charge in [0.25, 0.3) is 0 Å². The molecule has 0 aromatic heterocycles. The van der Waals surface area contributed by atoms with Gasteiger partial charge in [0.1, 0.15) is 12.4 Å². The van der Waals surface area contributed by atoms with Crippen LogP contribution in [0.2, 0.25) is 0 Å². The Balaban J connectivity index is 1.75. The van der Waals surface area contributed by atoms with Gasteiger partial charge in [-0.3, -0.25) is 0 Å². The Morgan fingerprint density at radius 3 is 2.48 bits per heavy atom. The van der Waals surface area contributed by atoms with Gasteiger partial charge in [-0.2, -0.15) is 0 Å². The van der Waals surface area contributed by atoms with Gasteiger partial charge in [-0.1, -0.05) is 48.5 Å². The Labute approximate surface area is 146 Å². The van der Waals surface area contributed by atoms with Crippen molar-refractivity contribution in [3.8, 4) is 5.75 Å². The van der Waals surface area contributed by atoms with Crippen LogP contribution in [-0.2, 0) is 27.3 Å². The fourth-order valence-electron chi connectivity index (χ4n) is 2.12. The van der Waals surface area contributed by atoms with Crippen LogP contribution in [0.15, 0.2) is 54.6 Å². The third kappa shape index (κ3) is 6.55. The number of methoxy groups -OCH3 is 1. The topological polar surface area (TPSA) is 73.9 Å². The molecule has 0 saturated carbocycles. The summed E-state index contributed by atoms with van der Waals surface area (Å²) in [7, 11) is 1.31. The normalized spacial score (nSPS) is 9.96. The van der Waals surface area contributed by atoms with Crippen molar-refractivity contribution in [1.82, 2.24) is 5.32 Å². The van der Waals surface area contributed by atoms with E-state index in [2.05, 4.69) is 10.1 Å². The fourth-order valence-corrected chi connectivity index (χ4v) is 2.12. The van der Waals surface area contributed by atoms with Crippen LogP contribution in [0.5, 0.6) is 5.75 Å². The number of carbonyl (C=O) groups excluding carboxylic acids is 2. The summed E-state index contributed by atoms with van der Waals surface area (Å²) >= 11 is 0. The average Bonchev–Trinajstić information content (AvgIpc) is 2.66. The molecule has 1 amide bonds. The fraction of sp³-hybridized carbons (Fsp3) is 0.263. The summed E-state index contributed by atoms with van der Waals surface area (Å²) in [4.78, 5) is 22.9. The summed E-state index contributed by atoms with van der Waals surface area (Å²) < 4.78 is 15.1. The van der Waals surface area contributed by atoms with Crippen LogP contribution in [0.1, 0.15) is 11.1 Å². The zero-order valence-corrected chi connectivity index (χ0v) is 14.1. The number of esters is 1. The van der Waals surface area contributed by atoms with Crippen molar-refractivity contribution in [1.29, 1.82) is 0 Å². The second-order valence-corrected chi connectivity index (χ2v) is 5.21. The minimum atomic E-state index is -0.475. The summed E-state index contributed by atoms with van der Waals surface area (Å²) in [5.41, 5.74) is 1.81. The van der Waals surface area contributed by atoms with E-state index in [4.69, 9.17) is 9.47 Å². The molecule has 2 aromatic carbocycles. The van der Waals surface area contributed by atoms with Crippen LogP contribution in [0, 0.1) is 0 Å². The Bertz CT molecular complexity index is 687. The van der Waals surface area contributed by atoms with Crippen molar-refractivity contribution in [2.24, 2.45) is 0 Å². The Kier molecular flexibility index (Phi) is 7.31. The highest BCUT2D eigenvalue weighted by atomic mass is 16.6. The highest BCUT2D eigenvalue weighted by Crippen LogP contribution is 2.18. The zero-order chi connectivity index (χ0) is 17.9. The van der Waals surface area contributed by atoms with Crippen molar-refractivity contribution in [3.05, 3.63) is 65.7 Å². The van der Waals surface area contributed by atoms with E-state index >= 15 is 0 Å². The van der Waals surface area contributed by atoms with Gasteiger partial charge in [-0.15, -0.1) is 0 Å². The maximum Gasteiger partial charge on any atom is 0.407 e. The Hall–Kier alpha value is -3.02. The molecule has 25 heavy (non-hydrogen) atoms. The molecule has 1 N–H and O–H groups in total. The van der Waals surface area contributed by atoms with Crippen molar-refractivity contribution in [2.75, 3.05) is 20.3 Å². The van der Waals surface area contributed by atoms with Crippen LogP contribution in [0.4, 0.5) is 4.79 Å². The molecule has 2 aromatic rings. The maximum absolute atomic E-state index is 11.7. The summed E-state index contributed by atoms with van der Waals surface area (Å²) in [5, 5.41) is 2.70. The molecule has 0 radical (unpaired) electrons. The van der Waals surface area contributed by atoms with Crippen LogP contribution < -0.4 is 10.1 Å². The first-order valence-corrected chi connectivity index (χ1v) is 7.91. The lowest BCUT2D eigenvalue weighted by Gasteiger charge is -2.11. The van der Waals surface area contributed by atoms with Crippen molar-refractivity contribution < 1.29 is 23.8 Å². The van der Waals surface area contributed by atoms with Gasteiger partial charge < -0.3 is 19.5 Å². The molecule has 6 nitrogen and oxygen atoms in total. The summed E-state index contributed by atoms with van der Waals surface area (Å²) in [5.74, 6) is 0.143. The minimum Gasteiger partial charge on any atom is -0.482 e. The molecule has 0 heterocycles. The van der Waals surface area contributed by atoms with Gasteiger partial charge in [-0.05, 0) is 23.6 Å². The van der Waals surface area contributed by atoms with Gasteiger partial charge in [0.15, 0.2) is 6.61 Å². The molecule has 0 saturated heterocycles. The highest BCUT2D eigenvalue weighted by Gasteiger charge is 2.08. The van der Waals surface area contributed by atoms with Gasteiger partial charge >= 0.3 is 12.1 Å². The Morgan fingerprint density at radius 2 is 1.72 bits per heavy atom. The number of rotatable bonds is 8. The third-order valence-corrected chi connectivity index (χ3v) is 3.42. The second-order valence-electron chi connectivity index (χ2n) is 5.21. The average molecular weight is 343 g/mol. The number of hydrogen-bond donors (Lipinski definition) is 1. The third-order valence-electron chi connectivity index (χ3n) is 3.42. The minimum absolute atomic E-state index is 0.153.